The summed E-state index contributed by atoms with van der Waals surface area (Å²) in [5.41, 5.74) is -0.298. The lowest BCUT2D eigenvalue weighted by molar-refractivity contribution is -0.109. The number of carbonyl (C=O) groups is 1. The minimum absolute atomic E-state index is 0.0728. The maximum Gasteiger partial charge on any atom is 0.330 e. The van der Waals surface area contributed by atoms with E-state index < -0.39 is 23.6 Å². The Kier molecular flexibility index (Phi) is 4.63. The molecule has 2 atom stereocenters. The van der Waals surface area contributed by atoms with Crippen molar-refractivity contribution in [1.82, 2.24) is 9.55 Å². The Morgan fingerprint density at radius 3 is 2.95 bits per heavy atom. The van der Waals surface area contributed by atoms with Crippen LogP contribution >= 0.6 is 11.8 Å². The quantitative estimate of drug-likeness (QED) is 0.610. The topological polar surface area (TPSA) is 114 Å². The number of ether oxygens (including phenoxy) is 1. The molecule has 1 saturated heterocycles. The Morgan fingerprint density at radius 1 is 1.62 bits per heavy atom. The van der Waals surface area contributed by atoms with Crippen molar-refractivity contribution in [3.8, 4) is 0 Å². The van der Waals surface area contributed by atoms with Crippen LogP contribution in [0.15, 0.2) is 20.9 Å². The molecule has 2 N–H and O–H groups in total. The zero-order valence-electron chi connectivity index (χ0n) is 11.5. The fourth-order valence-corrected chi connectivity index (χ4v) is 2.68. The van der Waals surface area contributed by atoms with E-state index in [0.717, 1.165) is 11.8 Å². The largest absolute Gasteiger partial charge is 0.411 e. The van der Waals surface area contributed by atoms with Crippen LogP contribution in [0.1, 0.15) is 25.1 Å². The first-order chi connectivity index (χ1) is 9.92. The standard InChI is InChI=1S/C12H15N3O5S/c1-6-4-15(12(18)13-11(6)17)10-3-8(14-19)9(20-10)5-21-7(2)16/h4,9-10,19H,3,5H2,1-2H3,(H,13,17,18)/b14-8+. The van der Waals surface area contributed by atoms with Gasteiger partial charge in [0.2, 0.25) is 0 Å². The molecule has 114 valence electrons. The van der Waals surface area contributed by atoms with Crippen LogP contribution in [0.3, 0.4) is 0 Å². The lowest BCUT2D eigenvalue weighted by Gasteiger charge is -2.14. The number of aryl methyl sites for hydroxylation is 1. The Morgan fingerprint density at radius 2 is 2.33 bits per heavy atom. The number of H-pyrrole nitrogens is 1. The van der Waals surface area contributed by atoms with Gasteiger partial charge in [-0.05, 0) is 6.92 Å². The summed E-state index contributed by atoms with van der Waals surface area (Å²) in [6.45, 7) is 3.01. The van der Waals surface area contributed by atoms with Gasteiger partial charge in [-0.2, -0.15) is 0 Å². The smallest absolute Gasteiger partial charge is 0.330 e. The fourth-order valence-electron chi connectivity index (χ4n) is 2.02. The lowest BCUT2D eigenvalue weighted by Crippen LogP contribution is -2.33. The van der Waals surface area contributed by atoms with Crippen molar-refractivity contribution in [2.45, 2.75) is 32.6 Å². The van der Waals surface area contributed by atoms with Crippen LogP contribution in [0, 0.1) is 6.92 Å². The molecule has 0 aromatic carbocycles. The van der Waals surface area contributed by atoms with E-state index in [1.54, 1.807) is 6.92 Å². The minimum atomic E-state index is -0.670. The van der Waals surface area contributed by atoms with E-state index in [1.807, 2.05) is 0 Å². The third kappa shape index (κ3) is 3.42. The average molecular weight is 313 g/mol. The van der Waals surface area contributed by atoms with Gasteiger partial charge in [-0.3, -0.25) is 19.1 Å². The van der Waals surface area contributed by atoms with Gasteiger partial charge in [0.1, 0.15) is 12.3 Å². The molecule has 0 saturated carbocycles. The molecular formula is C12H15N3O5S. The number of hydrogen-bond acceptors (Lipinski definition) is 7. The number of hydrogen-bond donors (Lipinski definition) is 2. The predicted octanol–water partition coefficient (Wildman–Crippen LogP) is 0.242. The molecule has 1 aromatic heterocycles. The molecule has 2 rings (SSSR count). The molecule has 1 aromatic rings. The van der Waals surface area contributed by atoms with Gasteiger partial charge in [-0.25, -0.2) is 4.79 Å². The molecule has 0 bridgehead atoms. The van der Waals surface area contributed by atoms with Crippen LogP contribution in [-0.4, -0.2) is 37.4 Å². The van der Waals surface area contributed by atoms with Gasteiger partial charge >= 0.3 is 5.69 Å². The van der Waals surface area contributed by atoms with Gasteiger partial charge in [-0.1, -0.05) is 16.9 Å². The summed E-state index contributed by atoms with van der Waals surface area (Å²) in [6.07, 6.45) is 0.399. The number of aromatic amines is 1. The van der Waals surface area contributed by atoms with Crippen LogP contribution in [-0.2, 0) is 9.53 Å². The third-order valence-electron chi connectivity index (χ3n) is 3.10. The Hall–Kier alpha value is -1.87. The zero-order valence-corrected chi connectivity index (χ0v) is 12.3. The summed E-state index contributed by atoms with van der Waals surface area (Å²) in [6, 6.07) is 0. The van der Waals surface area contributed by atoms with Crippen LogP contribution < -0.4 is 11.2 Å². The van der Waals surface area contributed by atoms with Crippen molar-refractivity contribution in [2.24, 2.45) is 5.16 Å². The molecule has 0 amide bonds. The number of aromatic nitrogens is 2. The van der Waals surface area contributed by atoms with Crippen LogP contribution in [0.25, 0.3) is 0 Å². The highest BCUT2D eigenvalue weighted by Gasteiger charge is 2.34. The molecule has 1 aliphatic rings. The van der Waals surface area contributed by atoms with Crippen LogP contribution in [0.2, 0.25) is 0 Å². The SMILES string of the molecule is CC(=O)SCC1OC(n2cc(C)c(=O)[nH]c2=O)C/C1=N\O. The van der Waals surface area contributed by atoms with E-state index in [-0.39, 0.29) is 11.5 Å². The number of oxime groups is 1. The molecule has 9 heteroatoms. The van der Waals surface area contributed by atoms with E-state index in [2.05, 4.69) is 10.1 Å². The summed E-state index contributed by atoms with van der Waals surface area (Å²) in [4.78, 5) is 36.4. The van der Waals surface area contributed by atoms with Gasteiger partial charge in [0.15, 0.2) is 5.12 Å². The normalized spacial score (nSPS) is 23.6. The molecule has 0 radical (unpaired) electrons. The third-order valence-corrected chi connectivity index (χ3v) is 3.98. The molecular weight excluding hydrogens is 298 g/mol. The second-order valence-electron chi connectivity index (χ2n) is 4.66. The number of carbonyl (C=O) groups excluding carboxylic acids is 1. The number of rotatable bonds is 3. The second-order valence-corrected chi connectivity index (χ2v) is 5.85. The molecule has 21 heavy (non-hydrogen) atoms. The van der Waals surface area contributed by atoms with Gasteiger partial charge in [-0.15, -0.1) is 0 Å². The summed E-state index contributed by atoms with van der Waals surface area (Å²) < 4.78 is 6.90. The lowest BCUT2D eigenvalue weighted by atomic mass is 10.2. The monoisotopic (exact) mass is 313 g/mol. The highest BCUT2D eigenvalue weighted by Crippen LogP contribution is 2.27. The van der Waals surface area contributed by atoms with Crippen molar-refractivity contribution < 1.29 is 14.7 Å². The number of thioether (sulfide) groups is 1. The highest BCUT2D eigenvalue weighted by atomic mass is 32.2. The molecule has 0 aliphatic carbocycles. The molecule has 1 fully saturated rings. The minimum Gasteiger partial charge on any atom is -0.411 e. The van der Waals surface area contributed by atoms with Crippen LogP contribution in [0.5, 0.6) is 0 Å². The first-order valence-electron chi connectivity index (χ1n) is 6.24. The van der Waals surface area contributed by atoms with E-state index in [4.69, 9.17) is 9.94 Å². The number of nitrogens with zero attached hydrogens (tertiary/aromatic N) is 2. The molecule has 8 nitrogen and oxygen atoms in total. The molecule has 1 aliphatic heterocycles. The van der Waals surface area contributed by atoms with E-state index in [9.17, 15) is 14.4 Å². The Balaban J connectivity index is 2.24. The van der Waals surface area contributed by atoms with Crippen molar-refractivity contribution in [2.75, 3.05) is 5.75 Å². The van der Waals surface area contributed by atoms with Gasteiger partial charge in [0.05, 0.1) is 5.71 Å². The fraction of sp³-hybridized carbons (Fsp3) is 0.500. The number of nitrogens with one attached hydrogen (secondary N) is 1. The van der Waals surface area contributed by atoms with Gasteiger partial charge < -0.3 is 9.94 Å². The summed E-state index contributed by atoms with van der Waals surface area (Å²) in [5, 5.41) is 12.1. The molecule has 2 heterocycles. The van der Waals surface area contributed by atoms with Crippen LogP contribution in [0.4, 0.5) is 0 Å². The molecule has 2 unspecified atom stereocenters. The summed E-state index contributed by atoms with van der Waals surface area (Å²) in [5.74, 6) is 0.308. The van der Waals surface area contributed by atoms with Crippen molar-refractivity contribution in [3.63, 3.8) is 0 Å². The summed E-state index contributed by atoms with van der Waals surface area (Å²) in [7, 11) is 0. The first-order valence-corrected chi connectivity index (χ1v) is 7.22. The maximum atomic E-state index is 11.8. The van der Waals surface area contributed by atoms with Crippen molar-refractivity contribution in [1.29, 1.82) is 0 Å². The predicted molar refractivity (Wildman–Crippen MR) is 76.9 cm³/mol. The second kappa shape index (κ2) is 6.27. The summed E-state index contributed by atoms with van der Waals surface area (Å²) >= 11 is 1.05. The van der Waals surface area contributed by atoms with E-state index >= 15 is 0 Å². The van der Waals surface area contributed by atoms with E-state index in [0.29, 0.717) is 17.0 Å². The van der Waals surface area contributed by atoms with Gasteiger partial charge in [0.25, 0.3) is 5.56 Å². The molecule has 0 spiro atoms. The Bertz CT molecular complexity index is 693. The van der Waals surface area contributed by atoms with Crippen molar-refractivity contribution >= 4 is 22.6 Å². The average Bonchev–Trinajstić information content (AvgIpc) is 2.83. The highest BCUT2D eigenvalue weighted by molar-refractivity contribution is 8.13. The first kappa shape index (κ1) is 15.5. The Labute approximate surface area is 123 Å². The zero-order chi connectivity index (χ0) is 15.6. The van der Waals surface area contributed by atoms with Crippen molar-refractivity contribution in [3.05, 3.63) is 32.6 Å². The maximum absolute atomic E-state index is 11.8. The van der Waals surface area contributed by atoms with E-state index in [1.165, 1.54) is 17.7 Å². The van der Waals surface area contributed by atoms with Gasteiger partial charge in [0, 0.05) is 30.9 Å².